The molecule has 0 bridgehead atoms. The Morgan fingerprint density at radius 1 is 1.56 bits per heavy atom. The molecule has 96 valence electrons. The van der Waals surface area contributed by atoms with E-state index in [9.17, 15) is 10.0 Å². The summed E-state index contributed by atoms with van der Waals surface area (Å²) in [5.41, 5.74) is 5.68. The van der Waals surface area contributed by atoms with Crippen molar-refractivity contribution in [1.29, 1.82) is 0 Å². The summed E-state index contributed by atoms with van der Waals surface area (Å²) < 4.78 is 6.91. The zero-order valence-electron chi connectivity index (χ0n) is 10.0. The van der Waals surface area contributed by atoms with Crippen molar-refractivity contribution >= 4 is 27.5 Å². The van der Waals surface area contributed by atoms with Gasteiger partial charge in [0.1, 0.15) is 10.4 Å². The van der Waals surface area contributed by atoms with E-state index in [1.165, 1.54) is 11.3 Å². The highest BCUT2D eigenvalue weighted by Crippen LogP contribution is 2.25. The van der Waals surface area contributed by atoms with Gasteiger partial charge in [-0.15, -0.1) is 0 Å². The lowest BCUT2D eigenvalue weighted by atomic mass is 10.2. The number of nitrogens with two attached hydrogens (primary N) is 1. The fourth-order valence-electron chi connectivity index (χ4n) is 1.74. The predicted molar refractivity (Wildman–Crippen MR) is 69.5 cm³/mol. The number of hydrogen-bond donors (Lipinski definition) is 1. The molecule has 1 aromatic carbocycles. The van der Waals surface area contributed by atoms with Crippen molar-refractivity contribution in [3.63, 3.8) is 0 Å². The van der Waals surface area contributed by atoms with Crippen molar-refractivity contribution in [2.24, 2.45) is 5.73 Å². The second-order valence-electron chi connectivity index (χ2n) is 3.94. The van der Waals surface area contributed by atoms with E-state index in [1.807, 2.05) is 12.1 Å². The maximum Gasteiger partial charge on any atom is 0.249 e. The smallest absolute Gasteiger partial charge is 0.249 e. The minimum absolute atomic E-state index is 0.303. The molecule has 0 aliphatic heterocycles. The quantitative estimate of drug-likeness (QED) is 0.655. The van der Waals surface area contributed by atoms with E-state index in [2.05, 4.69) is 0 Å². The molecular formula is C12H14N2O3S. The van der Waals surface area contributed by atoms with E-state index in [0.29, 0.717) is 35.5 Å². The third kappa shape index (κ3) is 2.53. The number of amides is 1. The molecule has 0 aliphatic rings. The Morgan fingerprint density at radius 2 is 2.33 bits per heavy atom. The highest BCUT2D eigenvalue weighted by atomic mass is 32.1. The van der Waals surface area contributed by atoms with E-state index < -0.39 is 0 Å². The Morgan fingerprint density at radius 3 is 3.00 bits per heavy atom. The molecule has 2 aromatic rings. The molecule has 5 nitrogen and oxygen atoms in total. The van der Waals surface area contributed by atoms with E-state index in [4.69, 9.17) is 10.5 Å². The van der Waals surface area contributed by atoms with Crippen LogP contribution in [-0.4, -0.2) is 13.0 Å². The van der Waals surface area contributed by atoms with Gasteiger partial charge in [-0.3, -0.25) is 4.79 Å². The molecule has 1 heterocycles. The summed E-state index contributed by atoms with van der Waals surface area (Å²) in [5, 5.41) is 12.7. The molecule has 0 atom stereocenters. The molecule has 0 saturated carbocycles. The SMILES string of the molecule is COc1ccc2sc(CCCC(N)=O)[n+]([O-])c2c1. The Kier molecular flexibility index (Phi) is 3.66. The molecule has 0 fully saturated rings. The average Bonchev–Trinajstić information content (AvgIpc) is 2.66. The zero-order chi connectivity index (χ0) is 13.1. The Labute approximate surface area is 108 Å². The minimum Gasteiger partial charge on any atom is -0.617 e. The number of fused-ring (bicyclic) bond motifs is 1. The second kappa shape index (κ2) is 5.22. The van der Waals surface area contributed by atoms with Gasteiger partial charge in [0.25, 0.3) is 0 Å². The number of carbonyl (C=O) groups is 1. The summed E-state index contributed by atoms with van der Waals surface area (Å²) in [5.74, 6) is 0.323. The van der Waals surface area contributed by atoms with Crippen LogP contribution in [0.1, 0.15) is 17.8 Å². The molecule has 2 N–H and O–H groups in total. The first-order valence-corrected chi connectivity index (χ1v) is 6.40. The second-order valence-corrected chi connectivity index (χ2v) is 5.06. The maximum atomic E-state index is 12.0. The summed E-state index contributed by atoms with van der Waals surface area (Å²) in [4.78, 5) is 10.7. The average molecular weight is 266 g/mol. The van der Waals surface area contributed by atoms with Gasteiger partial charge in [-0.2, -0.15) is 4.73 Å². The topological polar surface area (TPSA) is 79.3 Å². The first-order valence-electron chi connectivity index (χ1n) is 5.59. The van der Waals surface area contributed by atoms with Crippen molar-refractivity contribution in [2.75, 3.05) is 7.11 Å². The van der Waals surface area contributed by atoms with Crippen LogP contribution in [0.5, 0.6) is 5.75 Å². The number of ether oxygens (including phenoxy) is 1. The number of methoxy groups -OCH3 is 1. The molecule has 0 aliphatic carbocycles. The first-order chi connectivity index (χ1) is 8.61. The number of hydrogen-bond acceptors (Lipinski definition) is 4. The maximum absolute atomic E-state index is 12.0. The summed E-state index contributed by atoms with van der Waals surface area (Å²) >= 11 is 1.44. The highest BCUT2D eigenvalue weighted by molar-refractivity contribution is 7.18. The van der Waals surface area contributed by atoms with Crippen molar-refractivity contribution < 1.29 is 14.3 Å². The number of carbonyl (C=O) groups excluding carboxylic acids is 1. The molecule has 1 aromatic heterocycles. The van der Waals surface area contributed by atoms with Gasteiger partial charge in [0, 0.05) is 12.8 Å². The Balaban J connectivity index is 2.24. The molecular weight excluding hydrogens is 252 g/mol. The summed E-state index contributed by atoms with van der Waals surface area (Å²) in [6.07, 6.45) is 1.47. The van der Waals surface area contributed by atoms with Gasteiger partial charge in [-0.05, 0) is 18.6 Å². The number of rotatable bonds is 5. The van der Waals surface area contributed by atoms with E-state index >= 15 is 0 Å². The lowest BCUT2D eigenvalue weighted by Crippen LogP contribution is -2.28. The highest BCUT2D eigenvalue weighted by Gasteiger charge is 2.16. The molecule has 18 heavy (non-hydrogen) atoms. The lowest BCUT2D eigenvalue weighted by Gasteiger charge is -1.99. The number of benzene rings is 1. The number of aryl methyl sites for hydroxylation is 1. The largest absolute Gasteiger partial charge is 0.617 e. The van der Waals surface area contributed by atoms with Crippen LogP contribution in [0.3, 0.4) is 0 Å². The predicted octanol–water partition coefficient (Wildman–Crippen LogP) is 1.35. The third-order valence-corrected chi connectivity index (χ3v) is 3.82. The monoisotopic (exact) mass is 266 g/mol. The van der Waals surface area contributed by atoms with Gasteiger partial charge in [-0.25, -0.2) is 0 Å². The van der Waals surface area contributed by atoms with Crippen LogP contribution in [0.25, 0.3) is 10.2 Å². The van der Waals surface area contributed by atoms with Gasteiger partial charge in [-0.1, -0.05) is 11.3 Å². The number of thiazole rings is 1. The van der Waals surface area contributed by atoms with Crippen LogP contribution in [0.4, 0.5) is 0 Å². The normalized spacial score (nSPS) is 10.7. The van der Waals surface area contributed by atoms with Gasteiger partial charge in [0.2, 0.25) is 16.4 Å². The lowest BCUT2D eigenvalue weighted by molar-refractivity contribution is -0.580. The molecule has 6 heteroatoms. The van der Waals surface area contributed by atoms with Crippen LogP contribution in [-0.2, 0) is 11.2 Å². The van der Waals surface area contributed by atoms with Crippen molar-refractivity contribution in [1.82, 2.24) is 0 Å². The Hall–Kier alpha value is -1.82. The van der Waals surface area contributed by atoms with Gasteiger partial charge >= 0.3 is 0 Å². The van der Waals surface area contributed by atoms with Crippen molar-refractivity contribution in [3.05, 3.63) is 28.4 Å². The molecule has 2 rings (SSSR count). The summed E-state index contributed by atoms with van der Waals surface area (Å²) in [6, 6.07) is 5.41. The zero-order valence-corrected chi connectivity index (χ0v) is 10.8. The minimum atomic E-state index is -0.338. The van der Waals surface area contributed by atoms with Crippen LogP contribution >= 0.6 is 11.3 Å². The van der Waals surface area contributed by atoms with Gasteiger partial charge in [0.15, 0.2) is 0 Å². The molecule has 0 unspecified atom stereocenters. The number of aromatic nitrogens is 1. The Bertz CT molecular complexity index is 580. The fourth-order valence-corrected chi connectivity index (χ4v) is 2.80. The summed E-state index contributed by atoms with van der Waals surface area (Å²) in [7, 11) is 1.57. The van der Waals surface area contributed by atoms with Crippen LogP contribution in [0.15, 0.2) is 18.2 Å². The van der Waals surface area contributed by atoms with Gasteiger partial charge < -0.3 is 15.7 Å². The van der Waals surface area contributed by atoms with Crippen LogP contribution in [0, 0.1) is 5.21 Å². The van der Waals surface area contributed by atoms with Crippen LogP contribution in [0.2, 0.25) is 0 Å². The molecule has 0 radical (unpaired) electrons. The van der Waals surface area contributed by atoms with E-state index in [0.717, 1.165) is 9.43 Å². The first kappa shape index (κ1) is 12.6. The molecule has 1 amide bonds. The van der Waals surface area contributed by atoms with E-state index in [1.54, 1.807) is 13.2 Å². The van der Waals surface area contributed by atoms with E-state index in [-0.39, 0.29) is 5.91 Å². The molecule has 0 saturated heterocycles. The summed E-state index contributed by atoms with van der Waals surface area (Å²) in [6.45, 7) is 0. The van der Waals surface area contributed by atoms with Crippen molar-refractivity contribution in [2.45, 2.75) is 19.3 Å². The number of primary amides is 1. The standard InChI is InChI=1S/C12H14N2O3S/c1-17-8-5-6-10-9(7-8)14(16)12(18-10)4-2-3-11(13)15/h5-7H,2-4H2,1H3,(H2,13,15). The molecule has 0 spiro atoms. The number of nitrogens with zero attached hydrogens (tertiary/aromatic N) is 1. The van der Waals surface area contributed by atoms with Crippen molar-refractivity contribution in [3.8, 4) is 5.75 Å². The third-order valence-electron chi connectivity index (χ3n) is 2.65. The fraction of sp³-hybridized carbons (Fsp3) is 0.333. The van der Waals surface area contributed by atoms with Crippen LogP contribution < -0.4 is 15.2 Å². The van der Waals surface area contributed by atoms with Gasteiger partial charge in [0.05, 0.1) is 13.2 Å².